The Morgan fingerprint density at radius 3 is 2.95 bits per heavy atom. The second kappa shape index (κ2) is 6.33. The maximum Gasteiger partial charge on any atom is 0.303 e. The van der Waals surface area contributed by atoms with Gasteiger partial charge in [-0.25, -0.2) is 0 Å². The van der Waals surface area contributed by atoms with Gasteiger partial charge in [0, 0.05) is 25.1 Å². The highest BCUT2D eigenvalue weighted by atomic mass is 16.4. The van der Waals surface area contributed by atoms with Gasteiger partial charge in [-0.2, -0.15) is 0 Å². The minimum absolute atomic E-state index is 0.0795. The Kier molecular flexibility index (Phi) is 4.52. The topological polar surface area (TPSA) is 78.4 Å². The number of amides is 1. The molecule has 1 aliphatic heterocycles. The molecule has 1 aliphatic rings. The highest BCUT2D eigenvalue weighted by Gasteiger charge is 2.12. The van der Waals surface area contributed by atoms with Gasteiger partial charge in [-0.3, -0.25) is 9.59 Å². The molecule has 1 heterocycles. The van der Waals surface area contributed by atoms with Crippen molar-refractivity contribution in [2.45, 2.75) is 25.8 Å². The van der Waals surface area contributed by atoms with Crippen molar-refractivity contribution in [1.29, 1.82) is 0 Å². The fourth-order valence-corrected chi connectivity index (χ4v) is 2.16. The number of benzene rings is 1. The number of hydrogen-bond donors (Lipinski definition) is 3. The van der Waals surface area contributed by atoms with Gasteiger partial charge in [0.2, 0.25) is 0 Å². The number of carbonyl (C=O) groups is 2. The van der Waals surface area contributed by atoms with Crippen LogP contribution in [0.15, 0.2) is 18.2 Å². The minimum atomic E-state index is -0.837. The van der Waals surface area contributed by atoms with Gasteiger partial charge >= 0.3 is 5.97 Å². The molecule has 0 saturated carbocycles. The van der Waals surface area contributed by atoms with E-state index >= 15 is 0 Å². The Balaban J connectivity index is 1.90. The van der Waals surface area contributed by atoms with Crippen molar-refractivity contribution in [1.82, 2.24) is 10.6 Å². The summed E-state index contributed by atoms with van der Waals surface area (Å²) in [6.45, 7) is 2.19. The molecule has 0 radical (unpaired) electrons. The van der Waals surface area contributed by atoms with Crippen molar-refractivity contribution in [2.24, 2.45) is 0 Å². The third kappa shape index (κ3) is 3.79. The molecule has 0 unspecified atom stereocenters. The highest BCUT2D eigenvalue weighted by Crippen LogP contribution is 2.15. The summed E-state index contributed by atoms with van der Waals surface area (Å²) >= 11 is 0. The standard InChI is InChI=1S/C14H18N2O3/c17-13(18)2-1-6-16-14(19)11-3-4-12-9-15-7-5-10(12)8-11/h3-4,8,15H,1-2,5-7,9H2,(H,16,19)(H,17,18). The summed E-state index contributed by atoms with van der Waals surface area (Å²) in [5.74, 6) is -0.970. The van der Waals surface area contributed by atoms with Gasteiger partial charge in [0.25, 0.3) is 5.91 Å². The number of fused-ring (bicyclic) bond motifs is 1. The molecule has 0 saturated heterocycles. The normalized spacial score (nSPS) is 13.7. The van der Waals surface area contributed by atoms with Gasteiger partial charge in [-0.1, -0.05) is 6.07 Å². The predicted molar refractivity (Wildman–Crippen MR) is 71.1 cm³/mol. The van der Waals surface area contributed by atoms with E-state index in [1.54, 1.807) is 0 Å². The highest BCUT2D eigenvalue weighted by molar-refractivity contribution is 5.94. The average Bonchev–Trinajstić information content (AvgIpc) is 2.42. The fraction of sp³-hybridized carbons (Fsp3) is 0.429. The maximum atomic E-state index is 11.9. The number of carbonyl (C=O) groups excluding carboxylic acids is 1. The second-order valence-corrected chi connectivity index (χ2v) is 4.66. The first-order chi connectivity index (χ1) is 9.16. The fourth-order valence-electron chi connectivity index (χ4n) is 2.16. The molecular formula is C14H18N2O3. The van der Waals surface area contributed by atoms with E-state index in [-0.39, 0.29) is 12.3 Å². The molecule has 0 aromatic heterocycles. The van der Waals surface area contributed by atoms with Crippen LogP contribution in [0.5, 0.6) is 0 Å². The monoisotopic (exact) mass is 262 g/mol. The molecule has 5 nitrogen and oxygen atoms in total. The molecule has 1 aromatic carbocycles. The summed E-state index contributed by atoms with van der Waals surface area (Å²) in [7, 11) is 0. The molecule has 0 bridgehead atoms. The van der Waals surface area contributed by atoms with E-state index in [2.05, 4.69) is 10.6 Å². The third-order valence-corrected chi connectivity index (χ3v) is 3.21. The van der Waals surface area contributed by atoms with E-state index in [9.17, 15) is 9.59 Å². The zero-order valence-electron chi connectivity index (χ0n) is 10.7. The minimum Gasteiger partial charge on any atom is -0.481 e. The van der Waals surface area contributed by atoms with Crippen LogP contribution in [0.25, 0.3) is 0 Å². The third-order valence-electron chi connectivity index (χ3n) is 3.21. The predicted octanol–water partition coefficient (Wildman–Crippen LogP) is 0.927. The molecule has 1 aromatic rings. The van der Waals surface area contributed by atoms with Crippen molar-refractivity contribution >= 4 is 11.9 Å². The lowest BCUT2D eigenvalue weighted by Crippen LogP contribution is -2.27. The quantitative estimate of drug-likeness (QED) is 0.690. The molecule has 2 rings (SSSR count). The first kappa shape index (κ1) is 13.5. The summed E-state index contributed by atoms with van der Waals surface area (Å²) in [5, 5.41) is 14.5. The number of carboxylic acids is 1. The summed E-state index contributed by atoms with van der Waals surface area (Å²) in [5.41, 5.74) is 3.11. The van der Waals surface area contributed by atoms with Crippen LogP contribution < -0.4 is 10.6 Å². The number of aliphatic carboxylic acids is 1. The van der Waals surface area contributed by atoms with Gasteiger partial charge in [-0.05, 0) is 42.6 Å². The van der Waals surface area contributed by atoms with Crippen molar-refractivity contribution in [3.63, 3.8) is 0 Å². The Bertz CT molecular complexity index is 486. The van der Waals surface area contributed by atoms with Crippen molar-refractivity contribution < 1.29 is 14.7 Å². The Morgan fingerprint density at radius 1 is 1.32 bits per heavy atom. The molecule has 0 spiro atoms. The summed E-state index contributed by atoms with van der Waals surface area (Å²) in [4.78, 5) is 22.3. The van der Waals surface area contributed by atoms with E-state index in [0.717, 1.165) is 19.5 Å². The Morgan fingerprint density at radius 2 is 2.16 bits per heavy atom. The number of carboxylic acid groups (broad SMARTS) is 1. The van der Waals surface area contributed by atoms with Crippen molar-refractivity contribution in [2.75, 3.05) is 13.1 Å². The largest absolute Gasteiger partial charge is 0.481 e. The van der Waals surface area contributed by atoms with Crippen LogP contribution in [-0.4, -0.2) is 30.1 Å². The lowest BCUT2D eigenvalue weighted by molar-refractivity contribution is -0.137. The average molecular weight is 262 g/mol. The van der Waals surface area contributed by atoms with Gasteiger partial charge in [0.1, 0.15) is 0 Å². The van der Waals surface area contributed by atoms with Crippen LogP contribution >= 0.6 is 0 Å². The SMILES string of the molecule is O=C(O)CCCNC(=O)c1ccc2c(c1)CCNC2. The molecule has 0 fully saturated rings. The molecule has 5 heteroatoms. The molecule has 19 heavy (non-hydrogen) atoms. The van der Waals surface area contributed by atoms with Gasteiger partial charge < -0.3 is 15.7 Å². The van der Waals surface area contributed by atoms with Crippen LogP contribution in [0.2, 0.25) is 0 Å². The first-order valence-corrected chi connectivity index (χ1v) is 6.49. The Hall–Kier alpha value is -1.88. The van der Waals surface area contributed by atoms with Crippen molar-refractivity contribution in [3.05, 3.63) is 34.9 Å². The summed E-state index contributed by atoms with van der Waals surface area (Å²) in [6.07, 6.45) is 1.47. The van der Waals surface area contributed by atoms with E-state index in [0.29, 0.717) is 18.5 Å². The van der Waals surface area contributed by atoms with Crippen LogP contribution in [0.3, 0.4) is 0 Å². The van der Waals surface area contributed by atoms with E-state index in [1.807, 2.05) is 18.2 Å². The number of nitrogens with one attached hydrogen (secondary N) is 2. The lowest BCUT2D eigenvalue weighted by atomic mass is 9.98. The molecule has 0 aliphatic carbocycles. The van der Waals surface area contributed by atoms with Crippen LogP contribution in [0, 0.1) is 0 Å². The zero-order chi connectivity index (χ0) is 13.7. The maximum absolute atomic E-state index is 11.9. The van der Waals surface area contributed by atoms with Crippen molar-refractivity contribution in [3.8, 4) is 0 Å². The van der Waals surface area contributed by atoms with Crippen LogP contribution in [-0.2, 0) is 17.8 Å². The molecular weight excluding hydrogens is 244 g/mol. The summed E-state index contributed by atoms with van der Waals surface area (Å²) < 4.78 is 0. The smallest absolute Gasteiger partial charge is 0.303 e. The number of hydrogen-bond acceptors (Lipinski definition) is 3. The van der Waals surface area contributed by atoms with Crippen LogP contribution in [0.1, 0.15) is 34.3 Å². The summed E-state index contributed by atoms with van der Waals surface area (Å²) in [6, 6.07) is 5.73. The van der Waals surface area contributed by atoms with E-state index < -0.39 is 5.97 Å². The zero-order valence-corrected chi connectivity index (χ0v) is 10.7. The van der Waals surface area contributed by atoms with E-state index in [1.165, 1.54) is 11.1 Å². The Labute approximate surface area is 112 Å². The molecule has 1 amide bonds. The van der Waals surface area contributed by atoms with Gasteiger partial charge in [0.05, 0.1) is 0 Å². The second-order valence-electron chi connectivity index (χ2n) is 4.66. The van der Waals surface area contributed by atoms with Gasteiger partial charge in [-0.15, -0.1) is 0 Å². The first-order valence-electron chi connectivity index (χ1n) is 6.49. The molecule has 3 N–H and O–H groups in total. The lowest BCUT2D eigenvalue weighted by Gasteiger charge is -2.17. The van der Waals surface area contributed by atoms with E-state index in [4.69, 9.17) is 5.11 Å². The number of rotatable bonds is 5. The van der Waals surface area contributed by atoms with Crippen LogP contribution in [0.4, 0.5) is 0 Å². The van der Waals surface area contributed by atoms with Gasteiger partial charge in [0.15, 0.2) is 0 Å². The molecule has 0 atom stereocenters. The molecule has 102 valence electrons.